The van der Waals surface area contributed by atoms with Crippen LogP contribution >= 0.6 is 0 Å². The van der Waals surface area contributed by atoms with Crippen LogP contribution in [0.4, 0.5) is 11.4 Å². The zero-order valence-corrected chi connectivity index (χ0v) is 15.4. The number of aromatic hydroxyl groups is 1. The maximum absolute atomic E-state index is 13.1. The van der Waals surface area contributed by atoms with E-state index in [2.05, 4.69) is 49.6 Å². The van der Waals surface area contributed by atoms with Gasteiger partial charge in [-0.25, -0.2) is 0 Å². The van der Waals surface area contributed by atoms with Crippen molar-refractivity contribution >= 4 is 17.2 Å². The van der Waals surface area contributed by atoms with Crippen LogP contribution in [0.15, 0.2) is 53.7 Å². The molecule has 0 saturated carbocycles. The molecule has 0 fully saturated rings. The molecule has 0 saturated heterocycles. The van der Waals surface area contributed by atoms with Crippen LogP contribution in [0.5, 0.6) is 5.75 Å². The van der Waals surface area contributed by atoms with Gasteiger partial charge in [0.15, 0.2) is 5.78 Å². The van der Waals surface area contributed by atoms with Gasteiger partial charge in [-0.2, -0.15) is 0 Å². The van der Waals surface area contributed by atoms with Crippen LogP contribution in [0.1, 0.15) is 43.9 Å². The molecule has 3 N–H and O–H groups in total. The van der Waals surface area contributed by atoms with Crippen LogP contribution in [-0.4, -0.2) is 10.9 Å². The number of carbonyl (C=O) groups is 1. The Balaban J connectivity index is 1.90. The molecule has 1 heterocycles. The molecule has 0 aromatic heterocycles. The lowest BCUT2D eigenvalue weighted by Gasteiger charge is -2.34. The number of hydrogen-bond donors (Lipinski definition) is 3. The number of hydrogen-bond acceptors (Lipinski definition) is 4. The summed E-state index contributed by atoms with van der Waals surface area (Å²) in [6, 6.07) is 13.1. The summed E-state index contributed by atoms with van der Waals surface area (Å²) in [5.74, 6) is 0.367. The first-order valence-electron chi connectivity index (χ1n) is 9.02. The van der Waals surface area contributed by atoms with E-state index in [9.17, 15) is 9.90 Å². The molecule has 4 heteroatoms. The second-order valence-corrected chi connectivity index (χ2v) is 8.18. The molecule has 1 unspecified atom stereocenters. The average molecular weight is 348 g/mol. The normalized spacial score (nSPS) is 21.2. The zero-order chi connectivity index (χ0) is 18.5. The van der Waals surface area contributed by atoms with E-state index in [0.717, 1.165) is 40.2 Å². The number of allylic oxidation sites excluding steroid dienone is 1. The highest BCUT2D eigenvalue weighted by Crippen LogP contribution is 2.45. The van der Waals surface area contributed by atoms with Crippen molar-refractivity contribution in [2.45, 2.75) is 39.7 Å². The Morgan fingerprint density at radius 1 is 1.08 bits per heavy atom. The second-order valence-electron chi connectivity index (χ2n) is 8.18. The van der Waals surface area contributed by atoms with E-state index in [1.54, 1.807) is 12.1 Å². The van der Waals surface area contributed by atoms with Crippen molar-refractivity contribution in [3.05, 3.63) is 64.9 Å². The minimum absolute atomic E-state index is 0.0680. The highest BCUT2D eigenvalue weighted by Gasteiger charge is 2.38. The van der Waals surface area contributed by atoms with Crippen molar-refractivity contribution in [2.75, 3.05) is 10.6 Å². The van der Waals surface area contributed by atoms with Crippen LogP contribution in [0, 0.1) is 12.3 Å². The lowest BCUT2D eigenvalue weighted by molar-refractivity contribution is -0.118. The molecule has 4 nitrogen and oxygen atoms in total. The van der Waals surface area contributed by atoms with Gasteiger partial charge in [0, 0.05) is 17.7 Å². The predicted octanol–water partition coefficient (Wildman–Crippen LogP) is 4.92. The van der Waals surface area contributed by atoms with E-state index in [4.69, 9.17) is 0 Å². The number of aryl methyl sites for hydroxylation is 1. The van der Waals surface area contributed by atoms with Crippen LogP contribution in [0.2, 0.25) is 0 Å². The Hall–Kier alpha value is -2.75. The third-order valence-corrected chi connectivity index (χ3v) is 5.17. The molecule has 0 bridgehead atoms. The number of phenolic OH excluding ortho intramolecular Hbond substituents is 1. The zero-order valence-electron chi connectivity index (χ0n) is 15.4. The first-order valence-corrected chi connectivity index (χ1v) is 9.02. The van der Waals surface area contributed by atoms with Gasteiger partial charge in [-0.15, -0.1) is 0 Å². The van der Waals surface area contributed by atoms with Crippen molar-refractivity contribution in [2.24, 2.45) is 5.41 Å². The van der Waals surface area contributed by atoms with E-state index < -0.39 is 0 Å². The lowest BCUT2D eigenvalue weighted by atomic mass is 9.73. The van der Waals surface area contributed by atoms with Gasteiger partial charge in [-0.1, -0.05) is 32.0 Å². The summed E-state index contributed by atoms with van der Waals surface area (Å²) in [6.45, 7) is 6.32. The first-order chi connectivity index (χ1) is 12.3. The molecule has 1 aliphatic heterocycles. The fourth-order valence-electron chi connectivity index (χ4n) is 4.01. The van der Waals surface area contributed by atoms with Gasteiger partial charge in [0.25, 0.3) is 0 Å². The molecule has 2 aliphatic rings. The molecule has 0 radical (unpaired) electrons. The Morgan fingerprint density at radius 2 is 1.88 bits per heavy atom. The van der Waals surface area contributed by atoms with Crippen molar-refractivity contribution in [3.63, 3.8) is 0 Å². The standard InChI is InChI=1S/C22H24N2O2/c1-13-7-8-16-17(9-13)24-21(14-5-4-6-15(25)10-14)20-18(23-16)11-22(2,3)12-19(20)26/h4-10,21,23-25H,11-12H2,1-3H3. The number of ketones is 1. The minimum Gasteiger partial charge on any atom is -0.508 e. The molecule has 0 amide bonds. The first kappa shape index (κ1) is 16.7. The van der Waals surface area contributed by atoms with E-state index >= 15 is 0 Å². The fraction of sp³-hybridized carbons (Fsp3) is 0.318. The number of Topliss-reactive ketones (excluding diaryl/α,β-unsaturated/α-hetero) is 1. The molecule has 134 valence electrons. The number of nitrogens with one attached hydrogen (secondary N) is 2. The molecule has 1 atom stereocenters. The van der Waals surface area contributed by atoms with Gasteiger partial charge >= 0.3 is 0 Å². The summed E-state index contributed by atoms with van der Waals surface area (Å²) in [6.07, 6.45) is 1.35. The van der Waals surface area contributed by atoms with E-state index in [0.29, 0.717) is 6.42 Å². The molecule has 0 spiro atoms. The second kappa shape index (κ2) is 5.90. The van der Waals surface area contributed by atoms with Crippen LogP contribution in [-0.2, 0) is 4.79 Å². The molecular weight excluding hydrogens is 324 g/mol. The summed E-state index contributed by atoms with van der Waals surface area (Å²) >= 11 is 0. The Morgan fingerprint density at radius 3 is 2.65 bits per heavy atom. The molecule has 4 rings (SSSR count). The maximum atomic E-state index is 13.1. The fourth-order valence-corrected chi connectivity index (χ4v) is 4.01. The largest absolute Gasteiger partial charge is 0.508 e. The number of anilines is 2. The highest BCUT2D eigenvalue weighted by atomic mass is 16.3. The van der Waals surface area contributed by atoms with Crippen LogP contribution in [0.3, 0.4) is 0 Å². The quantitative estimate of drug-likeness (QED) is 0.684. The van der Waals surface area contributed by atoms with Gasteiger partial charge in [0.05, 0.1) is 17.4 Å². The van der Waals surface area contributed by atoms with Gasteiger partial charge in [0.2, 0.25) is 0 Å². The Bertz CT molecular complexity index is 927. The molecule has 2 aromatic rings. The van der Waals surface area contributed by atoms with Crippen molar-refractivity contribution in [1.82, 2.24) is 0 Å². The van der Waals surface area contributed by atoms with Crippen molar-refractivity contribution in [3.8, 4) is 5.75 Å². The summed E-state index contributed by atoms with van der Waals surface area (Å²) in [5.41, 5.74) is 5.69. The van der Waals surface area contributed by atoms with Gasteiger partial charge in [-0.05, 0) is 54.2 Å². The molecule has 2 aromatic carbocycles. The summed E-state index contributed by atoms with van der Waals surface area (Å²) in [7, 11) is 0. The number of benzene rings is 2. The highest BCUT2D eigenvalue weighted by molar-refractivity contribution is 6.01. The Kier molecular flexibility index (Phi) is 3.79. The summed E-state index contributed by atoms with van der Waals surface area (Å²) < 4.78 is 0. The summed E-state index contributed by atoms with van der Waals surface area (Å²) in [5, 5.41) is 17.0. The number of rotatable bonds is 1. The maximum Gasteiger partial charge on any atom is 0.163 e. The Labute approximate surface area is 153 Å². The van der Waals surface area contributed by atoms with Gasteiger partial charge < -0.3 is 15.7 Å². The van der Waals surface area contributed by atoms with E-state index in [1.165, 1.54) is 0 Å². The number of phenols is 1. The molecule has 26 heavy (non-hydrogen) atoms. The van der Waals surface area contributed by atoms with E-state index in [-0.39, 0.29) is 23.0 Å². The smallest absolute Gasteiger partial charge is 0.163 e. The van der Waals surface area contributed by atoms with Gasteiger partial charge in [-0.3, -0.25) is 4.79 Å². The van der Waals surface area contributed by atoms with Crippen LogP contribution < -0.4 is 10.6 Å². The summed E-state index contributed by atoms with van der Waals surface area (Å²) in [4.78, 5) is 13.1. The average Bonchev–Trinajstić information content (AvgIpc) is 2.70. The predicted molar refractivity (Wildman–Crippen MR) is 104 cm³/mol. The van der Waals surface area contributed by atoms with Crippen LogP contribution in [0.25, 0.3) is 0 Å². The SMILES string of the molecule is Cc1ccc2c(c1)NC(c1cccc(O)c1)C1=C(CC(C)(C)CC1=O)N2. The third kappa shape index (κ3) is 2.96. The van der Waals surface area contributed by atoms with Crippen molar-refractivity contribution in [1.29, 1.82) is 0 Å². The molecular formula is C22H24N2O2. The van der Waals surface area contributed by atoms with Crippen molar-refractivity contribution < 1.29 is 9.90 Å². The lowest BCUT2D eigenvalue weighted by Crippen LogP contribution is -2.31. The minimum atomic E-state index is -0.281. The third-order valence-electron chi connectivity index (χ3n) is 5.17. The molecule has 1 aliphatic carbocycles. The number of carbonyl (C=O) groups excluding carboxylic acids is 1. The monoisotopic (exact) mass is 348 g/mol. The van der Waals surface area contributed by atoms with E-state index in [1.807, 2.05) is 12.1 Å². The number of fused-ring (bicyclic) bond motifs is 1. The topological polar surface area (TPSA) is 61.4 Å². The van der Waals surface area contributed by atoms with Gasteiger partial charge in [0.1, 0.15) is 5.75 Å².